The lowest BCUT2D eigenvalue weighted by molar-refractivity contribution is 0.0931. The van der Waals surface area contributed by atoms with Crippen LogP contribution in [0.1, 0.15) is 23.2 Å². The first kappa shape index (κ1) is 17.3. The second-order valence-electron chi connectivity index (χ2n) is 5.56. The van der Waals surface area contributed by atoms with E-state index in [-0.39, 0.29) is 24.4 Å². The number of carbonyl (C=O) groups is 1. The summed E-state index contributed by atoms with van der Waals surface area (Å²) < 4.78 is 5.83. The van der Waals surface area contributed by atoms with Crippen molar-refractivity contribution in [3.8, 4) is 11.5 Å². The number of nitrogens with one attached hydrogen (secondary N) is 1. The summed E-state index contributed by atoms with van der Waals surface area (Å²) in [6, 6.07) is 16.8. The fourth-order valence-electron chi connectivity index (χ4n) is 2.47. The molecule has 2 aromatic carbocycles. The van der Waals surface area contributed by atoms with Gasteiger partial charge in [0.15, 0.2) is 0 Å². The largest absolute Gasteiger partial charge is 0.457 e. The fraction of sp³-hybridized carbons (Fsp3) is 0.278. The van der Waals surface area contributed by atoms with Crippen LogP contribution in [0.2, 0.25) is 0 Å². The minimum atomic E-state index is -0.131. The number of ether oxygens (including phenoxy) is 1. The summed E-state index contributed by atoms with van der Waals surface area (Å²) in [5.74, 6) is 1.66. The van der Waals surface area contributed by atoms with Crippen molar-refractivity contribution < 1.29 is 9.53 Å². The van der Waals surface area contributed by atoms with Gasteiger partial charge < -0.3 is 15.8 Å². The van der Waals surface area contributed by atoms with Gasteiger partial charge in [0.05, 0.1) is 5.56 Å². The van der Waals surface area contributed by atoms with Gasteiger partial charge in [-0.3, -0.25) is 4.79 Å². The molecule has 0 aliphatic heterocycles. The SMILES string of the molecule is Cl.NCC(NC(=O)c1ccccc1Oc1ccccc1)C1CC1. The second kappa shape index (κ2) is 7.99. The van der Waals surface area contributed by atoms with Crippen LogP contribution in [0.3, 0.4) is 0 Å². The summed E-state index contributed by atoms with van der Waals surface area (Å²) in [5, 5.41) is 3.03. The Morgan fingerprint density at radius 3 is 2.43 bits per heavy atom. The van der Waals surface area contributed by atoms with Crippen LogP contribution >= 0.6 is 12.4 Å². The molecule has 4 nitrogen and oxygen atoms in total. The van der Waals surface area contributed by atoms with Crippen LogP contribution in [-0.2, 0) is 0 Å². The van der Waals surface area contributed by atoms with Crippen molar-refractivity contribution in [3.63, 3.8) is 0 Å². The molecule has 0 bridgehead atoms. The van der Waals surface area contributed by atoms with Crippen molar-refractivity contribution >= 4 is 18.3 Å². The Labute approximate surface area is 142 Å². The lowest BCUT2D eigenvalue weighted by Crippen LogP contribution is -2.41. The zero-order valence-electron chi connectivity index (χ0n) is 12.8. The summed E-state index contributed by atoms with van der Waals surface area (Å²) in [7, 11) is 0. The van der Waals surface area contributed by atoms with Crippen LogP contribution in [0.15, 0.2) is 54.6 Å². The number of rotatable bonds is 6. The van der Waals surface area contributed by atoms with E-state index in [1.165, 1.54) is 0 Å². The molecule has 3 N–H and O–H groups in total. The fourth-order valence-corrected chi connectivity index (χ4v) is 2.47. The maximum atomic E-state index is 12.5. The average molecular weight is 333 g/mol. The molecule has 2 aromatic rings. The second-order valence-corrected chi connectivity index (χ2v) is 5.56. The molecule has 122 valence electrons. The molecule has 0 radical (unpaired) electrons. The molecule has 1 unspecified atom stereocenters. The molecular weight excluding hydrogens is 312 g/mol. The minimum Gasteiger partial charge on any atom is -0.457 e. The van der Waals surface area contributed by atoms with E-state index in [0.29, 0.717) is 29.5 Å². The van der Waals surface area contributed by atoms with E-state index in [1.54, 1.807) is 12.1 Å². The van der Waals surface area contributed by atoms with Gasteiger partial charge in [0, 0.05) is 12.6 Å². The Balaban J connectivity index is 0.00000192. The highest BCUT2D eigenvalue weighted by Gasteiger charge is 2.31. The maximum absolute atomic E-state index is 12.5. The number of para-hydroxylation sites is 2. The number of hydrogen-bond donors (Lipinski definition) is 2. The van der Waals surface area contributed by atoms with E-state index in [2.05, 4.69) is 5.32 Å². The summed E-state index contributed by atoms with van der Waals surface area (Å²) in [6.45, 7) is 0.470. The Morgan fingerprint density at radius 2 is 1.78 bits per heavy atom. The van der Waals surface area contributed by atoms with Crippen LogP contribution in [0.5, 0.6) is 11.5 Å². The van der Waals surface area contributed by atoms with Crippen LogP contribution in [0.25, 0.3) is 0 Å². The number of hydrogen-bond acceptors (Lipinski definition) is 3. The number of halogens is 1. The van der Waals surface area contributed by atoms with Crippen molar-refractivity contribution in [1.29, 1.82) is 0 Å². The predicted octanol–water partition coefficient (Wildman–Crippen LogP) is 3.37. The molecule has 0 spiro atoms. The average Bonchev–Trinajstić information content (AvgIpc) is 3.39. The highest BCUT2D eigenvalue weighted by molar-refractivity contribution is 5.97. The third-order valence-corrected chi connectivity index (χ3v) is 3.86. The van der Waals surface area contributed by atoms with E-state index in [1.807, 2.05) is 42.5 Å². The lowest BCUT2D eigenvalue weighted by Gasteiger charge is -2.17. The van der Waals surface area contributed by atoms with Gasteiger partial charge in [-0.2, -0.15) is 0 Å². The molecule has 23 heavy (non-hydrogen) atoms. The molecule has 1 aliphatic rings. The first-order valence-corrected chi connectivity index (χ1v) is 7.61. The summed E-state index contributed by atoms with van der Waals surface area (Å²) in [6.07, 6.45) is 2.29. The van der Waals surface area contributed by atoms with Gasteiger partial charge in [-0.1, -0.05) is 30.3 Å². The predicted molar refractivity (Wildman–Crippen MR) is 93.2 cm³/mol. The van der Waals surface area contributed by atoms with E-state index in [4.69, 9.17) is 10.5 Å². The van der Waals surface area contributed by atoms with Crippen molar-refractivity contribution in [2.24, 2.45) is 11.7 Å². The minimum absolute atomic E-state index is 0. The van der Waals surface area contributed by atoms with Gasteiger partial charge in [-0.15, -0.1) is 12.4 Å². The molecule has 0 saturated heterocycles. The number of benzene rings is 2. The Bertz CT molecular complexity index is 644. The summed E-state index contributed by atoms with van der Waals surface area (Å²) in [5.41, 5.74) is 6.29. The Morgan fingerprint density at radius 1 is 1.13 bits per heavy atom. The van der Waals surface area contributed by atoms with Crippen molar-refractivity contribution in [2.75, 3.05) is 6.54 Å². The molecule has 3 rings (SSSR count). The number of nitrogens with two attached hydrogens (primary N) is 1. The van der Waals surface area contributed by atoms with Crippen molar-refractivity contribution in [1.82, 2.24) is 5.32 Å². The molecule has 0 heterocycles. The lowest BCUT2D eigenvalue weighted by atomic mass is 10.1. The van der Waals surface area contributed by atoms with Crippen LogP contribution in [-0.4, -0.2) is 18.5 Å². The van der Waals surface area contributed by atoms with E-state index < -0.39 is 0 Å². The third-order valence-electron chi connectivity index (χ3n) is 3.86. The van der Waals surface area contributed by atoms with Crippen molar-refractivity contribution in [2.45, 2.75) is 18.9 Å². The van der Waals surface area contributed by atoms with E-state index in [9.17, 15) is 4.79 Å². The highest BCUT2D eigenvalue weighted by atomic mass is 35.5. The molecule has 1 saturated carbocycles. The zero-order chi connectivity index (χ0) is 15.4. The van der Waals surface area contributed by atoms with Gasteiger partial charge in [-0.05, 0) is 43.0 Å². The molecule has 0 aromatic heterocycles. The molecule has 1 atom stereocenters. The molecular formula is C18H21ClN2O2. The topological polar surface area (TPSA) is 64.3 Å². The monoisotopic (exact) mass is 332 g/mol. The molecule has 1 amide bonds. The zero-order valence-corrected chi connectivity index (χ0v) is 13.6. The van der Waals surface area contributed by atoms with Gasteiger partial charge in [-0.25, -0.2) is 0 Å². The Kier molecular flexibility index (Phi) is 6.02. The maximum Gasteiger partial charge on any atom is 0.255 e. The van der Waals surface area contributed by atoms with Crippen molar-refractivity contribution in [3.05, 3.63) is 60.2 Å². The van der Waals surface area contributed by atoms with Gasteiger partial charge in [0.1, 0.15) is 11.5 Å². The van der Waals surface area contributed by atoms with Gasteiger partial charge in [0.25, 0.3) is 5.91 Å². The normalized spacial score (nSPS) is 14.5. The van der Waals surface area contributed by atoms with Crippen LogP contribution in [0.4, 0.5) is 0 Å². The molecule has 1 aliphatic carbocycles. The summed E-state index contributed by atoms with van der Waals surface area (Å²) >= 11 is 0. The standard InChI is InChI=1S/C18H20N2O2.ClH/c19-12-16(13-10-11-13)20-18(21)15-8-4-5-9-17(15)22-14-6-2-1-3-7-14;/h1-9,13,16H,10-12,19H2,(H,20,21);1H. The molecule has 1 fully saturated rings. The Hall–Kier alpha value is -2.04. The number of amides is 1. The first-order chi connectivity index (χ1) is 10.8. The third kappa shape index (κ3) is 4.47. The smallest absolute Gasteiger partial charge is 0.255 e. The van der Waals surface area contributed by atoms with Gasteiger partial charge in [0.2, 0.25) is 0 Å². The van der Waals surface area contributed by atoms with Crippen LogP contribution < -0.4 is 15.8 Å². The summed E-state index contributed by atoms with van der Waals surface area (Å²) in [4.78, 5) is 12.5. The van der Waals surface area contributed by atoms with E-state index >= 15 is 0 Å². The number of carbonyl (C=O) groups excluding carboxylic acids is 1. The van der Waals surface area contributed by atoms with Crippen LogP contribution in [0, 0.1) is 5.92 Å². The highest BCUT2D eigenvalue weighted by Crippen LogP contribution is 2.32. The van der Waals surface area contributed by atoms with E-state index in [0.717, 1.165) is 12.8 Å². The molecule has 5 heteroatoms. The first-order valence-electron chi connectivity index (χ1n) is 7.61. The van der Waals surface area contributed by atoms with Gasteiger partial charge >= 0.3 is 0 Å². The quantitative estimate of drug-likeness (QED) is 0.852.